The summed E-state index contributed by atoms with van der Waals surface area (Å²) in [5, 5.41) is 3.33. The van der Waals surface area contributed by atoms with Gasteiger partial charge in [-0.05, 0) is 49.7 Å². The minimum atomic E-state index is 0.691. The van der Waals surface area contributed by atoms with E-state index in [0.29, 0.717) is 5.56 Å². The zero-order valence-corrected chi connectivity index (χ0v) is 10.0. The Morgan fingerprint density at radius 3 is 2.29 bits per heavy atom. The third-order valence-corrected chi connectivity index (χ3v) is 2.71. The third kappa shape index (κ3) is 2.72. The van der Waals surface area contributed by atoms with Crippen LogP contribution in [0.25, 0.3) is 0 Å². The standard InChI is InChI=1S/C15H15NO/c1-11-3-8-15(12(2)9-11)16-14-6-4-13(10-17)5-7-14/h3-10,16H,1-2H3. The SMILES string of the molecule is Cc1ccc(Nc2ccc(C=O)cc2)c(C)c1. The molecule has 0 radical (unpaired) electrons. The number of carbonyl (C=O) groups excluding carboxylic acids is 1. The van der Waals surface area contributed by atoms with E-state index in [9.17, 15) is 4.79 Å². The van der Waals surface area contributed by atoms with Crippen LogP contribution in [-0.2, 0) is 0 Å². The number of aldehydes is 1. The van der Waals surface area contributed by atoms with Crippen LogP contribution >= 0.6 is 0 Å². The topological polar surface area (TPSA) is 29.1 Å². The van der Waals surface area contributed by atoms with Gasteiger partial charge in [-0.25, -0.2) is 0 Å². The zero-order chi connectivity index (χ0) is 12.3. The van der Waals surface area contributed by atoms with Crippen molar-refractivity contribution in [2.75, 3.05) is 5.32 Å². The molecule has 1 N–H and O–H groups in total. The quantitative estimate of drug-likeness (QED) is 0.804. The average Bonchev–Trinajstić information content (AvgIpc) is 2.34. The molecule has 2 heteroatoms. The molecule has 0 bridgehead atoms. The van der Waals surface area contributed by atoms with Crippen LogP contribution in [0, 0.1) is 13.8 Å². The lowest BCUT2D eigenvalue weighted by Gasteiger charge is -2.10. The maximum absolute atomic E-state index is 10.5. The number of anilines is 2. The van der Waals surface area contributed by atoms with Gasteiger partial charge in [0, 0.05) is 16.9 Å². The summed E-state index contributed by atoms with van der Waals surface area (Å²) < 4.78 is 0. The highest BCUT2D eigenvalue weighted by molar-refractivity contribution is 5.76. The fourth-order valence-corrected chi connectivity index (χ4v) is 1.75. The second-order valence-corrected chi connectivity index (χ2v) is 4.18. The van der Waals surface area contributed by atoms with Crippen LogP contribution in [-0.4, -0.2) is 6.29 Å². The fourth-order valence-electron chi connectivity index (χ4n) is 1.75. The molecule has 0 amide bonds. The predicted molar refractivity (Wildman–Crippen MR) is 71.0 cm³/mol. The Morgan fingerprint density at radius 1 is 1.00 bits per heavy atom. The summed E-state index contributed by atoms with van der Waals surface area (Å²) in [5.74, 6) is 0. The molecular formula is C15H15NO. The summed E-state index contributed by atoms with van der Waals surface area (Å²) >= 11 is 0. The summed E-state index contributed by atoms with van der Waals surface area (Å²) in [6.45, 7) is 4.16. The lowest BCUT2D eigenvalue weighted by Crippen LogP contribution is -1.93. The van der Waals surface area contributed by atoms with E-state index in [1.165, 1.54) is 11.1 Å². The van der Waals surface area contributed by atoms with Crippen LogP contribution < -0.4 is 5.32 Å². The van der Waals surface area contributed by atoms with Crippen LogP contribution in [0.5, 0.6) is 0 Å². The second-order valence-electron chi connectivity index (χ2n) is 4.18. The summed E-state index contributed by atoms with van der Waals surface area (Å²) in [5.41, 5.74) is 5.24. The van der Waals surface area contributed by atoms with Crippen molar-refractivity contribution in [1.29, 1.82) is 0 Å². The molecule has 0 unspecified atom stereocenters. The summed E-state index contributed by atoms with van der Waals surface area (Å²) in [7, 11) is 0. The molecule has 17 heavy (non-hydrogen) atoms. The van der Waals surface area contributed by atoms with Gasteiger partial charge in [-0.3, -0.25) is 4.79 Å². The van der Waals surface area contributed by atoms with Gasteiger partial charge in [0.2, 0.25) is 0 Å². The molecule has 0 aliphatic carbocycles. The van der Waals surface area contributed by atoms with Gasteiger partial charge >= 0.3 is 0 Å². The van der Waals surface area contributed by atoms with E-state index in [4.69, 9.17) is 0 Å². The van der Waals surface area contributed by atoms with Gasteiger partial charge in [0.1, 0.15) is 6.29 Å². The number of hydrogen-bond donors (Lipinski definition) is 1. The number of benzene rings is 2. The Balaban J connectivity index is 2.22. The van der Waals surface area contributed by atoms with Crippen LogP contribution in [0.1, 0.15) is 21.5 Å². The van der Waals surface area contributed by atoms with E-state index in [-0.39, 0.29) is 0 Å². The van der Waals surface area contributed by atoms with Gasteiger partial charge in [-0.2, -0.15) is 0 Å². The minimum Gasteiger partial charge on any atom is -0.355 e. The van der Waals surface area contributed by atoms with E-state index >= 15 is 0 Å². The monoisotopic (exact) mass is 225 g/mol. The lowest BCUT2D eigenvalue weighted by molar-refractivity contribution is 0.112. The van der Waals surface area contributed by atoms with Crippen molar-refractivity contribution in [2.24, 2.45) is 0 Å². The van der Waals surface area contributed by atoms with Gasteiger partial charge in [-0.15, -0.1) is 0 Å². The summed E-state index contributed by atoms with van der Waals surface area (Å²) in [6.07, 6.45) is 0.848. The largest absolute Gasteiger partial charge is 0.355 e. The molecule has 0 fully saturated rings. The molecule has 0 aliphatic heterocycles. The van der Waals surface area contributed by atoms with Crippen molar-refractivity contribution in [2.45, 2.75) is 13.8 Å². The van der Waals surface area contributed by atoms with Crippen molar-refractivity contribution < 1.29 is 4.79 Å². The van der Waals surface area contributed by atoms with Crippen LogP contribution in [0.2, 0.25) is 0 Å². The Morgan fingerprint density at radius 2 is 1.71 bits per heavy atom. The number of carbonyl (C=O) groups is 1. The molecule has 2 nitrogen and oxygen atoms in total. The number of rotatable bonds is 3. The highest BCUT2D eigenvalue weighted by Crippen LogP contribution is 2.21. The molecule has 0 heterocycles. The molecule has 0 atom stereocenters. The second kappa shape index (κ2) is 4.83. The predicted octanol–water partition coefficient (Wildman–Crippen LogP) is 3.86. The number of hydrogen-bond acceptors (Lipinski definition) is 2. The first kappa shape index (κ1) is 11.4. The van der Waals surface area contributed by atoms with E-state index in [2.05, 4.69) is 37.4 Å². The molecular weight excluding hydrogens is 210 g/mol. The molecule has 2 aromatic rings. The number of aryl methyl sites for hydroxylation is 2. The van der Waals surface area contributed by atoms with Crippen LogP contribution in [0.4, 0.5) is 11.4 Å². The highest BCUT2D eigenvalue weighted by Gasteiger charge is 1.99. The maximum Gasteiger partial charge on any atom is 0.150 e. The Hall–Kier alpha value is -2.09. The average molecular weight is 225 g/mol. The molecule has 86 valence electrons. The fraction of sp³-hybridized carbons (Fsp3) is 0.133. The highest BCUT2D eigenvalue weighted by atomic mass is 16.1. The Bertz CT molecular complexity index is 529. The van der Waals surface area contributed by atoms with Gasteiger partial charge in [0.25, 0.3) is 0 Å². The van der Waals surface area contributed by atoms with Crippen molar-refractivity contribution in [3.63, 3.8) is 0 Å². The Kier molecular flexibility index (Phi) is 3.24. The molecule has 0 saturated carbocycles. The maximum atomic E-state index is 10.5. The van der Waals surface area contributed by atoms with Crippen LogP contribution in [0.3, 0.4) is 0 Å². The van der Waals surface area contributed by atoms with Crippen LogP contribution in [0.15, 0.2) is 42.5 Å². The zero-order valence-electron chi connectivity index (χ0n) is 10.0. The smallest absolute Gasteiger partial charge is 0.150 e. The minimum absolute atomic E-state index is 0.691. The third-order valence-electron chi connectivity index (χ3n) is 2.71. The molecule has 2 rings (SSSR count). The first-order valence-electron chi connectivity index (χ1n) is 5.58. The molecule has 0 spiro atoms. The van der Waals surface area contributed by atoms with Gasteiger partial charge < -0.3 is 5.32 Å². The van der Waals surface area contributed by atoms with Gasteiger partial charge in [-0.1, -0.05) is 17.7 Å². The lowest BCUT2D eigenvalue weighted by atomic mass is 10.1. The number of nitrogens with one attached hydrogen (secondary N) is 1. The van der Waals surface area contributed by atoms with E-state index in [0.717, 1.165) is 17.7 Å². The first-order chi connectivity index (χ1) is 8.19. The van der Waals surface area contributed by atoms with Crippen molar-refractivity contribution in [1.82, 2.24) is 0 Å². The van der Waals surface area contributed by atoms with Crippen molar-refractivity contribution >= 4 is 17.7 Å². The molecule has 2 aromatic carbocycles. The van der Waals surface area contributed by atoms with E-state index in [1.807, 2.05) is 12.1 Å². The van der Waals surface area contributed by atoms with Crippen molar-refractivity contribution in [3.8, 4) is 0 Å². The normalized spacial score (nSPS) is 10.0. The van der Waals surface area contributed by atoms with E-state index in [1.54, 1.807) is 12.1 Å². The summed E-state index contributed by atoms with van der Waals surface area (Å²) in [4.78, 5) is 10.5. The molecule has 0 aromatic heterocycles. The van der Waals surface area contributed by atoms with Crippen molar-refractivity contribution in [3.05, 3.63) is 59.2 Å². The summed E-state index contributed by atoms with van der Waals surface area (Å²) in [6, 6.07) is 13.7. The first-order valence-corrected chi connectivity index (χ1v) is 5.58. The van der Waals surface area contributed by atoms with E-state index < -0.39 is 0 Å². The molecule has 0 saturated heterocycles. The van der Waals surface area contributed by atoms with Gasteiger partial charge in [0.15, 0.2) is 0 Å². The van der Waals surface area contributed by atoms with Gasteiger partial charge in [0.05, 0.1) is 0 Å². The Labute approximate surface area is 101 Å². The molecule has 0 aliphatic rings.